The van der Waals surface area contributed by atoms with Crippen molar-refractivity contribution in [3.63, 3.8) is 0 Å². The molecule has 0 aliphatic carbocycles. The van der Waals surface area contributed by atoms with E-state index in [-0.39, 0.29) is 17.1 Å². The summed E-state index contributed by atoms with van der Waals surface area (Å²) in [5.41, 5.74) is 0.358. The van der Waals surface area contributed by atoms with Crippen LogP contribution in [0.5, 0.6) is 0 Å². The number of benzene rings is 2. The Morgan fingerprint density at radius 2 is 1.82 bits per heavy atom. The molecule has 0 atom stereocenters. The molecule has 2 heterocycles. The monoisotopic (exact) mass is 461 g/mol. The fourth-order valence-electron chi connectivity index (χ4n) is 3.00. The van der Waals surface area contributed by atoms with Crippen LogP contribution in [0.3, 0.4) is 0 Å². The third kappa shape index (κ3) is 5.13. The maximum absolute atomic E-state index is 15.3. The second-order valence-electron chi connectivity index (χ2n) is 6.79. The number of aliphatic imine (C=N–C) groups is 1. The SMILES string of the molecule is O=C(Nc1ccc(Cl)cn1)c1ccc(N(C(=O)c2ccccc2)N2C=CC=CN=C2)c(F)c1. The van der Waals surface area contributed by atoms with Crippen LogP contribution in [0.15, 0.2) is 96.4 Å². The summed E-state index contributed by atoms with van der Waals surface area (Å²) in [5, 5.41) is 5.50. The van der Waals surface area contributed by atoms with Gasteiger partial charge in [-0.25, -0.2) is 24.4 Å². The quantitative estimate of drug-likeness (QED) is 0.576. The molecule has 0 saturated carbocycles. The lowest BCUT2D eigenvalue weighted by atomic mass is 10.1. The van der Waals surface area contributed by atoms with Crippen molar-refractivity contribution in [1.29, 1.82) is 0 Å². The van der Waals surface area contributed by atoms with E-state index >= 15 is 4.39 Å². The average molecular weight is 462 g/mol. The van der Waals surface area contributed by atoms with Gasteiger partial charge in [0.25, 0.3) is 11.8 Å². The number of anilines is 2. The Morgan fingerprint density at radius 3 is 2.55 bits per heavy atom. The zero-order valence-electron chi connectivity index (χ0n) is 17.1. The molecule has 9 heteroatoms. The van der Waals surface area contributed by atoms with Gasteiger partial charge in [0.05, 0.1) is 5.02 Å². The number of pyridine rings is 1. The molecule has 1 N–H and O–H groups in total. The molecule has 1 aliphatic heterocycles. The number of carbonyl (C=O) groups excluding carboxylic acids is 2. The minimum atomic E-state index is -0.769. The molecule has 0 fully saturated rings. The van der Waals surface area contributed by atoms with E-state index in [9.17, 15) is 9.59 Å². The van der Waals surface area contributed by atoms with Gasteiger partial charge in [-0.2, -0.15) is 0 Å². The Kier molecular flexibility index (Phi) is 6.56. The molecule has 1 aromatic heterocycles. The summed E-state index contributed by atoms with van der Waals surface area (Å²) in [5.74, 6) is -1.53. The van der Waals surface area contributed by atoms with Gasteiger partial charge in [0.2, 0.25) is 0 Å². The van der Waals surface area contributed by atoms with E-state index in [1.165, 1.54) is 41.9 Å². The molecule has 0 spiro atoms. The standard InChI is InChI=1S/C24H17ClFN5O2/c25-19-9-11-22(28-15-19)29-23(32)18-8-10-21(20(26)14-18)31(30-13-5-4-12-27-16-30)24(33)17-6-2-1-3-7-17/h1-16H,(H,28,29,32). The van der Waals surface area contributed by atoms with E-state index in [1.54, 1.807) is 54.8 Å². The predicted molar refractivity (Wildman–Crippen MR) is 125 cm³/mol. The smallest absolute Gasteiger partial charge is 0.277 e. The Hall–Kier alpha value is -4.30. The third-order valence-corrected chi connectivity index (χ3v) is 4.78. The summed E-state index contributed by atoms with van der Waals surface area (Å²) in [6, 6.07) is 15.4. The topological polar surface area (TPSA) is 77.9 Å². The summed E-state index contributed by atoms with van der Waals surface area (Å²) in [6.45, 7) is 0. The van der Waals surface area contributed by atoms with E-state index < -0.39 is 17.6 Å². The first-order valence-electron chi connectivity index (χ1n) is 9.80. The zero-order valence-corrected chi connectivity index (χ0v) is 17.9. The first-order valence-corrected chi connectivity index (χ1v) is 10.2. The van der Waals surface area contributed by atoms with E-state index in [1.807, 2.05) is 0 Å². The number of allylic oxidation sites excluding steroid dienone is 2. The van der Waals surface area contributed by atoms with Crippen LogP contribution >= 0.6 is 11.6 Å². The Balaban J connectivity index is 1.66. The number of rotatable bonds is 5. The van der Waals surface area contributed by atoms with Gasteiger partial charge < -0.3 is 5.32 Å². The van der Waals surface area contributed by atoms with E-state index in [2.05, 4.69) is 15.3 Å². The van der Waals surface area contributed by atoms with Gasteiger partial charge in [-0.3, -0.25) is 9.59 Å². The van der Waals surface area contributed by atoms with Crippen molar-refractivity contribution >= 4 is 41.3 Å². The second-order valence-corrected chi connectivity index (χ2v) is 7.23. The summed E-state index contributed by atoms with van der Waals surface area (Å²) in [6.07, 6.45) is 9.22. The number of hydrazine groups is 1. The van der Waals surface area contributed by atoms with E-state index in [0.29, 0.717) is 10.6 Å². The normalized spacial score (nSPS) is 12.4. The summed E-state index contributed by atoms with van der Waals surface area (Å²) < 4.78 is 15.3. The molecule has 164 valence electrons. The van der Waals surface area contributed by atoms with Crippen LogP contribution in [0.1, 0.15) is 20.7 Å². The summed E-state index contributed by atoms with van der Waals surface area (Å²) in [4.78, 5) is 33.9. The minimum absolute atomic E-state index is 0.0528. The molecule has 7 nitrogen and oxygen atoms in total. The molecule has 2 amide bonds. The van der Waals surface area contributed by atoms with Crippen LogP contribution < -0.4 is 10.3 Å². The summed E-state index contributed by atoms with van der Waals surface area (Å²) >= 11 is 5.80. The van der Waals surface area contributed by atoms with Crippen molar-refractivity contribution < 1.29 is 14.0 Å². The van der Waals surface area contributed by atoms with Crippen molar-refractivity contribution in [1.82, 2.24) is 9.99 Å². The lowest BCUT2D eigenvalue weighted by Crippen LogP contribution is -2.43. The number of amides is 2. The number of hydrogen-bond donors (Lipinski definition) is 1. The highest BCUT2D eigenvalue weighted by Gasteiger charge is 2.26. The Labute approximate surface area is 194 Å². The van der Waals surface area contributed by atoms with E-state index in [0.717, 1.165) is 11.1 Å². The number of nitrogens with zero attached hydrogens (tertiary/aromatic N) is 4. The van der Waals surface area contributed by atoms with Crippen LogP contribution in [0, 0.1) is 5.82 Å². The van der Waals surface area contributed by atoms with Gasteiger partial charge in [-0.15, -0.1) is 0 Å². The van der Waals surface area contributed by atoms with Crippen LogP contribution in [-0.4, -0.2) is 28.1 Å². The molecule has 2 aromatic carbocycles. The maximum atomic E-state index is 15.3. The van der Waals surface area contributed by atoms with E-state index in [4.69, 9.17) is 11.6 Å². The molecule has 0 radical (unpaired) electrons. The van der Waals surface area contributed by atoms with Gasteiger partial charge in [-0.05, 0) is 54.6 Å². The second kappa shape index (κ2) is 9.88. The van der Waals surface area contributed by atoms with Crippen molar-refractivity contribution in [3.05, 3.63) is 113 Å². The number of nitrogens with one attached hydrogen (secondary N) is 1. The number of hydrogen-bond acceptors (Lipinski definition) is 5. The molecule has 3 aromatic rings. The molecule has 0 saturated heterocycles. The fourth-order valence-corrected chi connectivity index (χ4v) is 3.11. The number of aromatic nitrogens is 1. The molecule has 0 unspecified atom stereocenters. The fraction of sp³-hybridized carbons (Fsp3) is 0. The third-order valence-electron chi connectivity index (χ3n) is 4.56. The molecule has 33 heavy (non-hydrogen) atoms. The van der Waals surface area contributed by atoms with Crippen molar-refractivity contribution in [2.75, 3.05) is 10.3 Å². The first-order chi connectivity index (χ1) is 16.0. The van der Waals surface area contributed by atoms with Crippen molar-refractivity contribution in [2.45, 2.75) is 0 Å². The van der Waals surface area contributed by atoms with Crippen LogP contribution in [0.25, 0.3) is 0 Å². The lowest BCUT2D eigenvalue weighted by Gasteiger charge is -2.31. The molecular formula is C24H17ClFN5O2. The highest BCUT2D eigenvalue weighted by Crippen LogP contribution is 2.25. The maximum Gasteiger partial charge on any atom is 0.277 e. The minimum Gasteiger partial charge on any atom is -0.307 e. The van der Waals surface area contributed by atoms with Gasteiger partial charge in [-0.1, -0.05) is 29.8 Å². The van der Waals surface area contributed by atoms with Gasteiger partial charge >= 0.3 is 0 Å². The predicted octanol–water partition coefficient (Wildman–Crippen LogP) is 5.06. The van der Waals surface area contributed by atoms with Crippen molar-refractivity contribution in [3.8, 4) is 0 Å². The largest absolute Gasteiger partial charge is 0.307 e. The summed E-state index contributed by atoms with van der Waals surface area (Å²) in [7, 11) is 0. The molecule has 1 aliphatic rings. The van der Waals surface area contributed by atoms with Gasteiger partial charge in [0, 0.05) is 29.7 Å². The number of halogens is 2. The van der Waals surface area contributed by atoms with Gasteiger partial charge in [0.15, 0.2) is 0 Å². The molecule has 4 rings (SSSR count). The van der Waals surface area contributed by atoms with Crippen LogP contribution in [0.4, 0.5) is 15.9 Å². The average Bonchev–Trinajstić information content (AvgIpc) is 3.11. The van der Waals surface area contributed by atoms with Crippen LogP contribution in [-0.2, 0) is 0 Å². The molecular weight excluding hydrogens is 445 g/mol. The Bertz CT molecular complexity index is 1240. The lowest BCUT2D eigenvalue weighted by molar-refractivity contribution is 0.0952. The highest BCUT2D eigenvalue weighted by atomic mass is 35.5. The van der Waals surface area contributed by atoms with Gasteiger partial charge in [0.1, 0.15) is 23.7 Å². The molecule has 0 bridgehead atoms. The zero-order chi connectivity index (χ0) is 23.2. The van der Waals surface area contributed by atoms with Crippen molar-refractivity contribution in [2.24, 2.45) is 4.99 Å². The Morgan fingerprint density at radius 1 is 1.00 bits per heavy atom. The number of carbonyl (C=O) groups is 2. The highest BCUT2D eigenvalue weighted by molar-refractivity contribution is 6.30. The first kappa shape index (κ1) is 21.9. The van der Waals surface area contributed by atoms with Crippen LogP contribution in [0.2, 0.25) is 5.02 Å².